The molecule has 0 bridgehead atoms. The van der Waals surface area contributed by atoms with Crippen LogP contribution in [0.15, 0.2) is 24.3 Å². The summed E-state index contributed by atoms with van der Waals surface area (Å²) in [6, 6.07) is 7.16. The molecule has 6 nitrogen and oxygen atoms in total. The van der Waals surface area contributed by atoms with Crippen molar-refractivity contribution in [2.24, 2.45) is 0 Å². The molecule has 27 heavy (non-hydrogen) atoms. The second-order valence-corrected chi connectivity index (χ2v) is 7.81. The number of hydrogen-bond donors (Lipinski definition) is 1. The summed E-state index contributed by atoms with van der Waals surface area (Å²) >= 11 is 6.09. The molecule has 1 aromatic carbocycles. The van der Waals surface area contributed by atoms with Gasteiger partial charge >= 0.3 is 0 Å². The molecular weight excluding hydrogens is 364 g/mol. The van der Waals surface area contributed by atoms with E-state index < -0.39 is 0 Å². The Morgan fingerprint density at radius 1 is 1.04 bits per heavy atom. The van der Waals surface area contributed by atoms with Crippen LogP contribution >= 0.6 is 11.6 Å². The molecule has 0 aromatic heterocycles. The normalized spacial score (nSPS) is 20.3. The highest BCUT2D eigenvalue weighted by atomic mass is 35.5. The number of nitrogens with zero attached hydrogens (tertiary/aromatic N) is 3. The average molecular weight is 393 g/mol. The van der Waals surface area contributed by atoms with Crippen molar-refractivity contribution in [2.75, 3.05) is 51.1 Å². The molecule has 7 heteroatoms. The third kappa shape index (κ3) is 5.43. The smallest absolute Gasteiger partial charge is 0.239 e. The highest BCUT2D eigenvalue weighted by Gasteiger charge is 2.29. The third-order valence-electron chi connectivity index (χ3n) is 5.49. The number of anilines is 1. The van der Waals surface area contributed by atoms with Crippen LogP contribution < -0.4 is 5.32 Å². The molecule has 148 valence electrons. The lowest BCUT2D eigenvalue weighted by atomic mass is 10.1. The minimum atomic E-state index is -0.0813. The summed E-state index contributed by atoms with van der Waals surface area (Å²) in [4.78, 5) is 31.3. The van der Waals surface area contributed by atoms with Crippen molar-refractivity contribution in [2.45, 2.75) is 32.2 Å². The zero-order chi connectivity index (χ0) is 19.2. The van der Waals surface area contributed by atoms with Crippen molar-refractivity contribution in [3.63, 3.8) is 0 Å². The van der Waals surface area contributed by atoms with E-state index in [0.717, 1.165) is 52.1 Å². The lowest BCUT2D eigenvalue weighted by Crippen LogP contribution is -2.55. The molecule has 2 saturated heterocycles. The third-order valence-corrected chi connectivity index (χ3v) is 5.82. The Hall–Kier alpha value is -1.63. The van der Waals surface area contributed by atoms with Gasteiger partial charge in [-0.3, -0.25) is 19.4 Å². The first kappa shape index (κ1) is 20.1. The number of hydrogen-bond acceptors (Lipinski definition) is 4. The Morgan fingerprint density at radius 3 is 2.37 bits per heavy atom. The number of benzene rings is 1. The molecule has 2 amide bonds. The summed E-state index contributed by atoms with van der Waals surface area (Å²) in [7, 11) is 0. The summed E-state index contributed by atoms with van der Waals surface area (Å²) in [6.45, 7) is 7.32. The monoisotopic (exact) mass is 392 g/mol. The Morgan fingerprint density at radius 2 is 1.70 bits per heavy atom. The summed E-state index contributed by atoms with van der Waals surface area (Å²) in [6.07, 6.45) is 3.46. The van der Waals surface area contributed by atoms with E-state index in [4.69, 9.17) is 11.6 Å². The first-order chi connectivity index (χ1) is 13.0. The fourth-order valence-electron chi connectivity index (χ4n) is 3.80. The Balaban J connectivity index is 1.43. The fourth-order valence-corrected chi connectivity index (χ4v) is 3.98. The van der Waals surface area contributed by atoms with Gasteiger partial charge in [-0.25, -0.2) is 0 Å². The number of piperazine rings is 1. The maximum atomic E-state index is 12.7. The van der Waals surface area contributed by atoms with Gasteiger partial charge in [0.2, 0.25) is 11.8 Å². The van der Waals surface area contributed by atoms with Crippen molar-refractivity contribution in [3.05, 3.63) is 29.3 Å². The summed E-state index contributed by atoms with van der Waals surface area (Å²) in [5, 5.41) is 3.41. The van der Waals surface area contributed by atoms with Crippen LogP contribution in [0, 0.1) is 0 Å². The maximum absolute atomic E-state index is 12.7. The van der Waals surface area contributed by atoms with Crippen molar-refractivity contribution < 1.29 is 9.59 Å². The number of carbonyl (C=O) groups excluding carboxylic acids is 2. The Labute approximate surface area is 166 Å². The first-order valence-corrected chi connectivity index (χ1v) is 10.2. The molecular formula is C20H29ClN4O2. The van der Waals surface area contributed by atoms with Crippen LogP contribution in [0.5, 0.6) is 0 Å². The van der Waals surface area contributed by atoms with Crippen LogP contribution in [-0.2, 0) is 9.59 Å². The molecule has 0 aliphatic carbocycles. The van der Waals surface area contributed by atoms with Crippen LogP contribution in [0.4, 0.5) is 5.69 Å². The number of carbonyl (C=O) groups is 2. The molecule has 1 atom stereocenters. The zero-order valence-corrected chi connectivity index (χ0v) is 16.7. The predicted molar refractivity (Wildman–Crippen MR) is 108 cm³/mol. The first-order valence-electron chi connectivity index (χ1n) is 9.84. The van der Waals surface area contributed by atoms with E-state index in [1.54, 1.807) is 12.1 Å². The van der Waals surface area contributed by atoms with Gasteiger partial charge in [0.15, 0.2) is 0 Å². The van der Waals surface area contributed by atoms with E-state index in [1.807, 2.05) is 24.0 Å². The number of rotatable bonds is 5. The Bertz CT molecular complexity index is 655. The molecule has 2 fully saturated rings. The van der Waals surface area contributed by atoms with Crippen LogP contribution in [0.1, 0.15) is 26.2 Å². The van der Waals surface area contributed by atoms with E-state index in [0.29, 0.717) is 17.3 Å². The predicted octanol–water partition coefficient (Wildman–Crippen LogP) is 2.30. The van der Waals surface area contributed by atoms with Crippen molar-refractivity contribution in [1.82, 2.24) is 14.7 Å². The zero-order valence-electron chi connectivity index (χ0n) is 16.0. The molecule has 3 rings (SSSR count). The Kier molecular flexibility index (Phi) is 7.10. The number of nitrogens with one attached hydrogen (secondary N) is 1. The quantitative estimate of drug-likeness (QED) is 0.835. The van der Waals surface area contributed by atoms with Gasteiger partial charge in [0.05, 0.1) is 23.3 Å². The second-order valence-electron chi connectivity index (χ2n) is 7.40. The molecule has 0 spiro atoms. The summed E-state index contributed by atoms with van der Waals surface area (Å²) < 4.78 is 0. The van der Waals surface area contributed by atoms with Crippen LogP contribution in [0.25, 0.3) is 0 Å². The number of piperidine rings is 1. The maximum Gasteiger partial charge on any atom is 0.239 e. The number of amides is 2. The second kappa shape index (κ2) is 9.53. The van der Waals surface area contributed by atoms with Gasteiger partial charge in [-0.2, -0.15) is 0 Å². The minimum absolute atomic E-state index is 0.0611. The van der Waals surface area contributed by atoms with E-state index in [-0.39, 0.29) is 17.9 Å². The average Bonchev–Trinajstić information content (AvgIpc) is 2.70. The summed E-state index contributed by atoms with van der Waals surface area (Å²) in [5.41, 5.74) is 0.642. The van der Waals surface area contributed by atoms with E-state index in [2.05, 4.69) is 15.1 Å². The van der Waals surface area contributed by atoms with Crippen molar-refractivity contribution in [1.29, 1.82) is 0 Å². The van der Waals surface area contributed by atoms with E-state index in [9.17, 15) is 9.59 Å². The highest BCUT2D eigenvalue weighted by Crippen LogP contribution is 2.20. The highest BCUT2D eigenvalue weighted by molar-refractivity contribution is 6.33. The van der Waals surface area contributed by atoms with Gasteiger partial charge in [0.25, 0.3) is 0 Å². The van der Waals surface area contributed by atoms with Gasteiger partial charge in [0, 0.05) is 39.3 Å². The number of halogens is 1. The molecule has 2 aliphatic rings. The van der Waals surface area contributed by atoms with E-state index in [1.165, 1.54) is 6.42 Å². The number of likely N-dealkylation sites (tertiary alicyclic amines) is 1. The fraction of sp³-hybridized carbons (Fsp3) is 0.600. The molecule has 2 heterocycles. The lowest BCUT2D eigenvalue weighted by molar-refractivity contribution is -0.138. The molecule has 0 saturated carbocycles. The lowest BCUT2D eigenvalue weighted by Gasteiger charge is -2.39. The van der Waals surface area contributed by atoms with Gasteiger partial charge in [-0.1, -0.05) is 23.7 Å². The van der Waals surface area contributed by atoms with E-state index >= 15 is 0 Å². The summed E-state index contributed by atoms with van der Waals surface area (Å²) in [5.74, 6) is 0.189. The largest absolute Gasteiger partial charge is 0.341 e. The number of para-hydroxylation sites is 1. The standard InChI is InChI=1S/C20H29ClN4O2/c1-16(20(27)25-9-5-2-6-10-25)24-13-11-23(12-14-24)15-19(26)22-18-8-4-3-7-17(18)21/h3-4,7-8,16H,2,5-6,9-15H2,1H3,(H,22,26)/t16-/m0/s1. The van der Waals surface area contributed by atoms with Gasteiger partial charge in [0.1, 0.15) is 0 Å². The van der Waals surface area contributed by atoms with Crippen LogP contribution in [0.3, 0.4) is 0 Å². The van der Waals surface area contributed by atoms with Gasteiger partial charge < -0.3 is 10.2 Å². The molecule has 1 N–H and O–H groups in total. The van der Waals surface area contributed by atoms with Crippen molar-refractivity contribution in [3.8, 4) is 0 Å². The molecule has 1 aromatic rings. The van der Waals surface area contributed by atoms with Gasteiger partial charge in [-0.05, 0) is 38.3 Å². The van der Waals surface area contributed by atoms with Gasteiger partial charge in [-0.15, -0.1) is 0 Å². The molecule has 0 unspecified atom stereocenters. The topological polar surface area (TPSA) is 55.9 Å². The molecule has 2 aliphatic heterocycles. The molecule has 0 radical (unpaired) electrons. The SMILES string of the molecule is C[C@@H](C(=O)N1CCCCC1)N1CCN(CC(=O)Nc2ccccc2Cl)CC1. The minimum Gasteiger partial charge on any atom is -0.341 e. The van der Waals surface area contributed by atoms with Crippen LogP contribution in [0.2, 0.25) is 5.02 Å². The van der Waals surface area contributed by atoms with Crippen LogP contribution in [-0.4, -0.2) is 78.4 Å². The van der Waals surface area contributed by atoms with Crippen molar-refractivity contribution >= 4 is 29.1 Å².